The van der Waals surface area contributed by atoms with Gasteiger partial charge in [0.2, 0.25) is 11.7 Å². The first-order valence-electron chi connectivity index (χ1n) is 7.20. The average molecular weight is 273 g/mol. The Morgan fingerprint density at radius 1 is 1.20 bits per heavy atom. The molecule has 0 aliphatic carbocycles. The van der Waals surface area contributed by atoms with Crippen molar-refractivity contribution < 1.29 is 4.52 Å². The molecule has 0 saturated carbocycles. The molecule has 1 fully saturated rings. The number of likely N-dealkylation sites (tertiary alicyclic amines) is 1. The van der Waals surface area contributed by atoms with Crippen molar-refractivity contribution in [2.45, 2.75) is 38.6 Å². The van der Waals surface area contributed by atoms with Gasteiger partial charge in [-0.3, -0.25) is 4.90 Å². The Morgan fingerprint density at radius 2 is 2.00 bits per heavy atom. The van der Waals surface area contributed by atoms with E-state index >= 15 is 0 Å². The second kappa shape index (κ2) is 6.09. The van der Waals surface area contributed by atoms with Crippen LogP contribution in [0.3, 0.4) is 0 Å². The second-order valence-corrected chi connectivity index (χ2v) is 5.19. The van der Waals surface area contributed by atoms with Crippen molar-refractivity contribution in [1.29, 1.82) is 0 Å². The van der Waals surface area contributed by atoms with E-state index in [0.29, 0.717) is 17.4 Å². The number of hydrogen-bond acceptors (Lipinski definition) is 6. The first-order valence-corrected chi connectivity index (χ1v) is 7.20. The van der Waals surface area contributed by atoms with Gasteiger partial charge in [0.15, 0.2) is 0 Å². The lowest BCUT2D eigenvalue weighted by Crippen LogP contribution is -2.28. The first-order chi connectivity index (χ1) is 9.84. The van der Waals surface area contributed by atoms with Crippen LogP contribution in [-0.2, 0) is 0 Å². The molecule has 2 aromatic heterocycles. The van der Waals surface area contributed by atoms with Crippen molar-refractivity contribution in [2.75, 3.05) is 13.1 Å². The van der Waals surface area contributed by atoms with Crippen molar-refractivity contribution in [2.24, 2.45) is 0 Å². The maximum Gasteiger partial charge on any atom is 0.244 e. The molecule has 0 bridgehead atoms. The minimum Gasteiger partial charge on any atom is -0.337 e. The van der Waals surface area contributed by atoms with Crippen LogP contribution in [0.25, 0.3) is 11.5 Å². The summed E-state index contributed by atoms with van der Waals surface area (Å²) in [5, 5.41) is 11.8. The highest BCUT2D eigenvalue weighted by Gasteiger charge is 2.23. The van der Waals surface area contributed by atoms with Crippen molar-refractivity contribution in [3.05, 3.63) is 24.2 Å². The van der Waals surface area contributed by atoms with Crippen LogP contribution < -0.4 is 0 Å². The quantitative estimate of drug-likeness (QED) is 0.855. The summed E-state index contributed by atoms with van der Waals surface area (Å²) in [4.78, 5) is 6.88. The molecule has 6 heteroatoms. The van der Waals surface area contributed by atoms with Gasteiger partial charge in [-0.15, -0.1) is 5.10 Å². The van der Waals surface area contributed by atoms with Gasteiger partial charge in [-0.1, -0.05) is 18.0 Å². The molecule has 2 aromatic rings. The molecule has 0 unspecified atom stereocenters. The predicted octanol–water partition coefficient (Wildman–Crippen LogP) is 2.46. The van der Waals surface area contributed by atoms with E-state index in [-0.39, 0.29) is 6.04 Å². The van der Waals surface area contributed by atoms with Gasteiger partial charge in [0, 0.05) is 6.20 Å². The van der Waals surface area contributed by atoms with Crippen LogP contribution in [0.5, 0.6) is 0 Å². The molecule has 0 spiro atoms. The Morgan fingerprint density at radius 3 is 2.70 bits per heavy atom. The Hall–Kier alpha value is -1.82. The van der Waals surface area contributed by atoms with E-state index in [9.17, 15) is 0 Å². The Balaban J connectivity index is 1.75. The maximum atomic E-state index is 5.40. The molecule has 1 aliphatic rings. The summed E-state index contributed by atoms with van der Waals surface area (Å²) in [5.74, 6) is 1.17. The van der Waals surface area contributed by atoms with Crippen LogP contribution in [0.1, 0.15) is 44.5 Å². The van der Waals surface area contributed by atoms with Crippen molar-refractivity contribution in [3.8, 4) is 11.5 Å². The van der Waals surface area contributed by atoms with Gasteiger partial charge in [0.25, 0.3) is 0 Å². The third-order valence-electron chi connectivity index (χ3n) is 3.79. The van der Waals surface area contributed by atoms with Crippen LogP contribution in [0, 0.1) is 0 Å². The monoisotopic (exact) mass is 273 g/mol. The van der Waals surface area contributed by atoms with Crippen LogP contribution in [0.4, 0.5) is 0 Å². The van der Waals surface area contributed by atoms with Crippen molar-refractivity contribution >= 4 is 0 Å². The molecule has 6 nitrogen and oxygen atoms in total. The molecular formula is C14H19N5O. The Labute approximate surface area is 118 Å². The van der Waals surface area contributed by atoms with Crippen molar-refractivity contribution in [3.63, 3.8) is 0 Å². The molecule has 0 amide bonds. The van der Waals surface area contributed by atoms with Gasteiger partial charge in [0.1, 0.15) is 5.69 Å². The zero-order chi connectivity index (χ0) is 13.8. The lowest BCUT2D eigenvalue weighted by molar-refractivity contribution is 0.179. The van der Waals surface area contributed by atoms with Crippen LogP contribution >= 0.6 is 0 Å². The van der Waals surface area contributed by atoms with Crippen LogP contribution in [-0.4, -0.2) is 38.3 Å². The number of nitrogens with zero attached hydrogens (tertiary/aromatic N) is 5. The summed E-state index contributed by atoms with van der Waals surface area (Å²) < 4.78 is 5.40. The SMILES string of the molecule is C[C@H](c1nc(-c2cccnn2)no1)N1CCCCCC1. The number of hydrogen-bond donors (Lipinski definition) is 0. The summed E-state index contributed by atoms with van der Waals surface area (Å²) >= 11 is 0. The smallest absolute Gasteiger partial charge is 0.244 e. The fourth-order valence-electron chi connectivity index (χ4n) is 2.57. The van der Waals surface area contributed by atoms with Gasteiger partial charge in [-0.05, 0) is 45.0 Å². The summed E-state index contributed by atoms with van der Waals surface area (Å²) in [6, 6.07) is 3.81. The van der Waals surface area contributed by atoms with E-state index in [2.05, 4.69) is 32.2 Å². The number of aromatic nitrogens is 4. The summed E-state index contributed by atoms with van der Waals surface area (Å²) in [6.07, 6.45) is 6.76. The van der Waals surface area contributed by atoms with E-state index in [1.54, 1.807) is 6.20 Å². The zero-order valence-electron chi connectivity index (χ0n) is 11.7. The zero-order valence-corrected chi connectivity index (χ0v) is 11.7. The topological polar surface area (TPSA) is 67.9 Å². The molecule has 0 aromatic carbocycles. The van der Waals surface area contributed by atoms with Gasteiger partial charge < -0.3 is 4.52 Å². The normalized spacial score (nSPS) is 18.6. The molecule has 3 rings (SSSR count). The molecule has 1 saturated heterocycles. The van der Waals surface area contributed by atoms with E-state index in [0.717, 1.165) is 13.1 Å². The summed E-state index contributed by atoms with van der Waals surface area (Å²) in [6.45, 7) is 4.33. The van der Waals surface area contributed by atoms with Gasteiger partial charge in [-0.25, -0.2) is 0 Å². The number of rotatable bonds is 3. The highest BCUT2D eigenvalue weighted by Crippen LogP contribution is 2.24. The highest BCUT2D eigenvalue weighted by molar-refractivity contribution is 5.46. The van der Waals surface area contributed by atoms with Gasteiger partial charge >= 0.3 is 0 Å². The third kappa shape index (κ3) is 2.85. The fraction of sp³-hybridized carbons (Fsp3) is 0.571. The van der Waals surface area contributed by atoms with Crippen LogP contribution in [0.15, 0.2) is 22.9 Å². The van der Waals surface area contributed by atoms with Gasteiger partial charge in [-0.2, -0.15) is 10.1 Å². The maximum absolute atomic E-state index is 5.40. The molecule has 1 atom stereocenters. The molecule has 1 aliphatic heterocycles. The van der Waals surface area contributed by atoms with E-state index < -0.39 is 0 Å². The molecule has 0 N–H and O–H groups in total. The standard InChI is InChI=1S/C14H19N5O/c1-11(19-9-4-2-3-5-10-19)14-16-13(18-20-14)12-7-6-8-15-17-12/h6-8,11H,2-5,9-10H2,1H3/t11-/m1/s1. The van der Waals surface area contributed by atoms with E-state index in [1.807, 2.05) is 12.1 Å². The molecule has 3 heterocycles. The first kappa shape index (κ1) is 13.2. The highest BCUT2D eigenvalue weighted by atomic mass is 16.5. The molecule has 20 heavy (non-hydrogen) atoms. The second-order valence-electron chi connectivity index (χ2n) is 5.19. The lowest BCUT2D eigenvalue weighted by atomic mass is 10.2. The Bertz CT molecular complexity index is 534. The predicted molar refractivity (Wildman–Crippen MR) is 73.8 cm³/mol. The van der Waals surface area contributed by atoms with E-state index in [4.69, 9.17) is 4.52 Å². The van der Waals surface area contributed by atoms with Gasteiger partial charge in [0.05, 0.1) is 6.04 Å². The van der Waals surface area contributed by atoms with Crippen molar-refractivity contribution in [1.82, 2.24) is 25.2 Å². The lowest BCUT2D eigenvalue weighted by Gasteiger charge is -2.24. The molecule has 0 radical (unpaired) electrons. The summed E-state index contributed by atoms with van der Waals surface area (Å²) in [5.41, 5.74) is 0.644. The minimum atomic E-state index is 0.158. The molecular weight excluding hydrogens is 254 g/mol. The Kier molecular flexibility index (Phi) is 4.01. The third-order valence-corrected chi connectivity index (χ3v) is 3.79. The summed E-state index contributed by atoms with van der Waals surface area (Å²) in [7, 11) is 0. The fourth-order valence-corrected chi connectivity index (χ4v) is 2.57. The largest absolute Gasteiger partial charge is 0.337 e. The van der Waals surface area contributed by atoms with E-state index in [1.165, 1.54) is 25.7 Å². The minimum absolute atomic E-state index is 0.158. The van der Waals surface area contributed by atoms with Crippen LogP contribution in [0.2, 0.25) is 0 Å². The molecule has 106 valence electrons. The average Bonchev–Trinajstić information content (AvgIpc) is 2.83.